The lowest BCUT2D eigenvalue weighted by molar-refractivity contribution is 0.604. The lowest BCUT2D eigenvalue weighted by Crippen LogP contribution is -2.37. The first-order chi connectivity index (χ1) is 6.83. The van der Waals surface area contributed by atoms with Gasteiger partial charge in [-0.15, -0.1) is 0 Å². The number of hydrazone groups is 1. The predicted molar refractivity (Wildman–Crippen MR) is 62.8 cm³/mol. The second-order valence-corrected chi connectivity index (χ2v) is 3.94. The molecule has 1 saturated carbocycles. The van der Waals surface area contributed by atoms with Gasteiger partial charge < -0.3 is 0 Å². The highest BCUT2D eigenvalue weighted by atomic mass is 32.1. The minimum Gasteiger partial charge on any atom is -0.300 e. The van der Waals surface area contributed by atoms with E-state index in [1.807, 2.05) is 0 Å². The highest BCUT2D eigenvalue weighted by Crippen LogP contribution is 2.14. The molecule has 0 heterocycles. The Morgan fingerprint density at radius 2 is 1.71 bits per heavy atom. The molecule has 0 aromatic rings. The van der Waals surface area contributed by atoms with Gasteiger partial charge in [0.05, 0.1) is 0 Å². The van der Waals surface area contributed by atoms with Crippen LogP contribution in [0.3, 0.4) is 0 Å². The van der Waals surface area contributed by atoms with E-state index in [1.54, 1.807) is 0 Å². The first-order valence-electron chi connectivity index (χ1n) is 5.15. The van der Waals surface area contributed by atoms with Crippen molar-refractivity contribution in [1.29, 1.82) is 0 Å². The van der Waals surface area contributed by atoms with Gasteiger partial charge in [-0.2, -0.15) is 5.10 Å². The van der Waals surface area contributed by atoms with E-state index < -0.39 is 0 Å². The maximum Gasteiger partial charge on any atom is 0.201 e. The van der Waals surface area contributed by atoms with Gasteiger partial charge in [0, 0.05) is 5.71 Å². The van der Waals surface area contributed by atoms with Gasteiger partial charge in [-0.25, -0.2) is 5.84 Å². The third-order valence-corrected chi connectivity index (χ3v) is 2.59. The SMILES string of the molecule is NNC(=S)NN=C1CCCCCCC1. The summed E-state index contributed by atoms with van der Waals surface area (Å²) in [5, 5.41) is 4.61. The molecule has 0 amide bonds. The Morgan fingerprint density at radius 3 is 2.29 bits per heavy atom. The van der Waals surface area contributed by atoms with Crippen molar-refractivity contribution >= 4 is 23.0 Å². The molecule has 0 spiro atoms. The van der Waals surface area contributed by atoms with Crippen LogP contribution in [0.25, 0.3) is 0 Å². The minimum atomic E-state index is 0.375. The van der Waals surface area contributed by atoms with Crippen LogP contribution >= 0.6 is 12.2 Å². The zero-order valence-corrected chi connectivity index (χ0v) is 9.20. The van der Waals surface area contributed by atoms with E-state index in [0.717, 1.165) is 12.8 Å². The third kappa shape index (κ3) is 4.53. The van der Waals surface area contributed by atoms with Crippen molar-refractivity contribution in [3.63, 3.8) is 0 Å². The zero-order valence-electron chi connectivity index (χ0n) is 8.38. The van der Waals surface area contributed by atoms with Crippen LogP contribution in [0.4, 0.5) is 0 Å². The fourth-order valence-corrected chi connectivity index (χ4v) is 1.63. The molecule has 0 saturated heterocycles. The molecule has 80 valence electrons. The van der Waals surface area contributed by atoms with Crippen molar-refractivity contribution in [1.82, 2.24) is 10.9 Å². The van der Waals surface area contributed by atoms with Crippen molar-refractivity contribution in [2.45, 2.75) is 44.9 Å². The molecule has 1 fully saturated rings. The van der Waals surface area contributed by atoms with Gasteiger partial charge in [-0.3, -0.25) is 10.9 Å². The summed E-state index contributed by atoms with van der Waals surface area (Å²) >= 11 is 4.83. The monoisotopic (exact) mass is 214 g/mol. The number of nitrogens with one attached hydrogen (secondary N) is 2. The molecule has 1 rings (SSSR count). The average Bonchev–Trinajstić information content (AvgIpc) is 2.15. The molecule has 0 unspecified atom stereocenters. The van der Waals surface area contributed by atoms with Crippen LogP contribution in [-0.2, 0) is 0 Å². The maximum atomic E-state index is 5.12. The number of hydrogen-bond acceptors (Lipinski definition) is 3. The first-order valence-corrected chi connectivity index (χ1v) is 5.56. The lowest BCUT2D eigenvalue weighted by Gasteiger charge is -2.11. The summed E-state index contributed by atoms with van der Waals surface area (Å²) in [4.78, 5) is 0. The highest BCUT2D eigenvalue weighted by molar-refractivity contribution is 7.80. The van der Waals surface area contributed by atoms with Gasteiger partial charge in [0.2, 0.25) is 5.11 Å². The zero-order chi connectivity index (χ0) is 10.2. The number of hydrazine groups is 1. The smallest absolute Gasteiger partial charge is 0.201 e. The molecule has 14 heavy (non-hydrogen) atoms. The summed E-state index contributed by atoms with van der Waals surface area (Å²) < 4.78 is 0. The van der Waals surface area contributed by atoms with Gasteiger partial charge in [-0.05, 0) is 37.9 Å². The number of thiocarbonyl (C=S) groups is 1. The Labute approximate surface area is 90.3 Å². The Hall–Kier alpha value is -0.680. The average molecular weight is 214 g/mol. The summed E-state index contributed by atoms with van der Waals surface area (Å²) in [6.45, 7) is 0. The van der Waals surface area contributed by atoms with Crippen molar-refractivity contribution < 1.29 is 0 Å². The fourth-order valence-electron chi connectivity index (χ4n) is 1.59. The van der Waals surface area contributed by atoms with Crippen molar-refractivity contribution in [2.75, 3.05) is 0 Å². The van der Waals surface area contributed by atoms with Crippen LogP contribution < -0.4 is 16.7 Å². The predicted octanol–water partition coefficient (Wildman–Crippen LogP) is 1.42. The fraction of sp³-hybridized carbons (Fsp3) is 0.778. The van der Waals surface area contributed by atoms with E-state index in [-0.39, 0.29) is 0 Å². The van der Waals surface area contributed by atoms with Gasteiger partial charge in [0.15, 0.2) is 0 Å². The Morgan fingerprint density at radius 1 is 1.14 bits per heavy atom. The summed E-state index contributed by atoms with van der Waals surface area (Å²) in [7, 11) is 0. The molecule has 0 aliphatic heterocycles. The topological polar surface area (TPSA) is 62.4 Å². The number of nitrogens with two attached hydrogens (primary N) is 1. The molecule has 1 aliphatic rings. The van der Waals surface area contributed by atoms with Gasteiger partial charge in [0.25, 0.3) is 0 Å². The molecule has 4 nitrogen and oxygen atoms in total. The summed E-state index contributed by atoms with van der Waals surface area (Å²) in [6.07, 6.45) is 8.65. The summed E-state index contributed by atoms with van der Waals surface area (Å²) in [5.74, 6) is 5.12. The largest absolute Gasteiger partial charge is 0.300 e. The van der Waals surface area contributed by atoms with E-state index in [1.165, 1.54) is 37.8 Å². The van der Waals surface area contributed by atoms with E-state index in [4.69, 9.17) is 18.1 Å². The van der Waals surface area contributed by atoms with Crippen molar-refractivity contribution in [3.8, 4) is 0 Å². The molecule has 0 aromatic heterocycles. The molecule has 0 radical (unpaired) electrons. The molecule has 0 aromatic carbocycles. The van der Waals surface area contributed by atoms with Crippen molar-refractivity contribution in [2.24, 2.45) is 10.9 Å². The molecule has 4 N–H and O–H groups in total. The van der Waals surface area contributed by atoms with Gasteiger partial charge in [0.1, 0.15) is 0 Å². The Kier molecular flexibility index (Phi) is 5.47. The number of nitrogens with zero attached hydrogens (tertiary/aromatic N) is 1. The van der Waals surface area contributed by atoms with Crippen LogP contribution in [0, 0.1) is 0 Å². The molecular weight excluding hydrogens is 196 g/mol. The highest BCUT2D eigenvalue weighted by Gasteiger charge is 2.04. The molecule has 5 heteroatoms. The molecule has 0 atom stereocenters. The van der Waals surface area contributed by atoms with Gasteiger partial charge in [-0.1, -0.05) is 19.3 Å². The Balaban J connectivity index is 2.35. The van der Waals surface area contributed by atoms with Crippen LogP contribution in [0.15, 0.2) is 5.10 Å². The second-order valence-electron chi connectivity index (χ2n) is 3.53. The summed E-state index contributed by atoms with van der Waals surface area (Å²) in [5.41, 5.74) is 6.29. The first kappa shape index (κ1) is 11.4. The van der Waals surface area contributed by atoms with E-state index in [0.29, 0.717) is 5.11 Å². The number of hydrogen-bond donors (Lipinski definition) is 3. The minimum absolute atomic E-state index is 0.375. The Bertz CT molecular complexity index is 205. The van der Waals surface area contributed by atoms with Gasteiger partial charge >= 0.3 is 0 Å². The van der Waals surface area contributed by atoms with Crippen LogP contribution in [0.5, 0.6) is 0 Å². The standard InChI is InChI=1S/C9H18N4S/c10-11-9(14)13-12-8-6-4-2-1-3-5-7-8/h1-7,10H2,(H2,11,13,14). The lowest BCUT2D eigenvalue weighted by atomic mass is 9.99. The van der Waals surface area contributed by atoms with Crippen LogP contribution in [-0.4, -0.2) is 10.8 Å². The summed E-state index contributed by atoms with van der Waals surface area (Å²) in [6, 6.07) is 0. The number of rotatable bonds is 1. The van der Waals surface area contributed by atoms with Crippen LogP contribution in [0.1, 0.15) is 44.9 Å². The maximum absolute atomic E-state index is 5.12. The van der Waals surface area contributed by atoms with E-state index in [2.05, 4.69) is 16.0 Å². The molecular formula is C9H18N4S. The van der Waals surface area contributed by atoms with E-state index in [9.17, 15) is 0 Å². The quantitative estimate of drug-likeness (QED) is 0.351. The third-order valence-electron chi connectivity index (χ3n) is 2.38. The molecule has 1 aliphatic carbocycles. The van der Waals surface area contributed by atoms with Crippen molar-refractivity contribution in [3.05, 3.63) is 0 Å². The second kappa shape index (κ2) is 6.73. The van der Waals surface area contributed by atoms with E-state index >= 15 is 0 Å². The molecule has 0 bridgehead atoms. The normalized spacial score (nSPS) is 17.9. The van der Waals surface area contributed by atoms with Crippen LogP contribution in [0.2, 0.25) is 0 Å².